The van der Waals surface area contributed by atoms with E-state index in [9.17, 15) is 9.50 Å². The van der Waals surface area contributed by atoms with Crippen LogP contribution in [0, 0.1) is 5.82 Å². The topological polar surface area (TPSA) is 38.7 Å². The lowest BCUT2D eigenvalue weighted by molar-refractivity contribution is 0.174. The monoisotopic (exact) mass is 310 g/mol. The number of halogens is 2. The Bertz CT molecular complexity index is 631. The zero-order chi connectivity index (χ0) is 15.4. The number of aliphatic hydroxyl groups is 1. The first-order valence-corrected chi connectivity index (χ1v) is 6.77. The highest BCUT2D eigenvalue weighted by Gasteiger charge is 2.15. The standard InChI is InChI=1S/C16H16ClFO3/c1-20-15-6-3-10(7-13(15)18)8-14(19)12-5-4-11(17)9-16(12)21-2/h3-7,9,14,19H,8H2,1-2H3. The Morgan fingerprint density at radius 1 is 1.10 bits per heavy atom. The molecule has 0 fully saturated rings. The van der Waals surface area contributed by atoms with E-state index in [2.05, 4.69) is 0 Å². The Morgan fingerprint density at radius 2 is 1.81 bits per heavy atom. The maximum absolute atomic E-state index is 13.7. The summed E-state index contributed by atoms with van der Waals surface area (Å²) < 4.78 is 23.7. The average Bonchev–Trinajstić information content (AvgIpc) is 2.47. The third-order valence-corrected chi connectivity index (χ3v) is 3.43. The van der Waals surface area contributed by atoms with Gasteiger partial charge in [-0.2, -0.15) is 0 Å². The highest BCUT2D eigenvalue weighted by atomic mass is 35.5. The summed E-state index contributed by atoms with van der Waals surface area (Å²) in [7, 11) is 2.92. The maximum Gasteiger partial charge on any atom is 0.165 e. The van der Waals surface area contributed by atoms with E-state index >= 15 is 0 Å². The number of rotatable bonds is 5. The molecule has 112 valence electrons. The molecule has 0 saturated carbocycles. The van der Waals surface area contributed by atoms with Crippen molar-refractivity contribution in [1.82, 2.24) is 0 Å². The van der Waals surface area contributed by atoms with Crippen molar-refractivity contribution in [3.05, 3.63) is 58.4 Å². The molecule has 0 aliphatic rings. The zero-order valence-corrected chi connectivity index (χ0v) is 12.5. The van der Waals surface area contributed by atoms with Gasteiger partial charge in [0.2, 0.25) is 0 Å². The SMILES string of the molecule is COc1ccc(CC(O)c2ccc(Cl)cc2OC)cc1F. The lowest BCUT2D eigenvalue weighted by atomic mass is 10.0. The second kappa shape index (κ2) is 6.78. The predicted molar refractivity (Wildman–Crippen MR) is 79.6 cm³/mol. The molecular formula is C16H16ClFO3. The number of aliphatic hydroxyl groups excluding tert-OH is 1. The van der Waals surface area contributed by atoms with Crippen molar-refractivity contribution in [2.24, 2.45) is 0 Å². The molecule has 2 aromatic rings. The summed E-state index contributed by atoms with van der Waals surface area (Å²) in [5.41, 5.74) is 1.27. The third-order valence-electron chi connectivity index (χ3n) is 3.20. The molecule has 0 spiro atoms. The van der Waals surface area contributed by atoms with E-state index in [0.717, 1.165) is 0 Å². The van der Waals surface area contributed by atoms with Crippen LogP contribution in [0.3, 0.4) is 0 Å². The molecule has 21 heavy (non-hydrogen) atoms. The molecular weight excluding hydrogens is 295 g/mol. The van der Waals surface area contributed by atoms with Gasteiger partial charge in [-0.25, -0.2) is 4.39 Å². The van der Waals surface area contributed by atoms with Crippen molar-refractivity contribution in [3.63, 3.8) is 0 Å². The van der Waals surface area contributed by atoms with Crippen LogP contribution in [-0.4, -0.2) is 19.3 Å². The van der Waals surface area contributed by atoms with Gasteiger partial charge in [-0.1, -0.05) is 23.7 Å². The summed E-state index contributed by atoms with van der Waals surface area (Å²) in [6.07, 6.45) is -0.552. The number of hydrogen-bond acceptors (Lipinski definition) is 3. The molecule has 5 heteroatoms. The van der Waals surface area contributed by atoms with Crippen LogP contribution < -0.4 is 9.47 Å². The van der Waals surface area contributed by atoms with E-state index in [-0.39, 0.29) is 12.2 Å². The number of ether oxygens (including phenoxy) is 2. The molecule has 0 aliphatic heterocycles. The Labute approximate surface area is 127 Å². The van der Waals surface area contributed by atoms with Gasteiger partial charge in [-0.3, -0.25) is 0 Å². The van der Waals surface area contributed by atoms with Gasteiger partial charge in [-0.05, 0) is 29.8 Å². The summed E-state index contributed by atoms with van der Waals surface area (Å²) in [5, 5.41) is 10.8. The third kappa shape index (κ3) is 3.65. The minimum atomic E-state index is -0.815. The fourth-order valence-corrected chi connectivity index (χ4v) is 2.29. The van der Waals surface area contributed by atoms with Gasteiger partial charge in [0.05, 0.1) is 20.3 Å². The van der Waals surface area contributed by atoms with E-state index in [1.54, 1.807) is 24.3 Å². The summed E-state index contributed by atoms with van der Waals surface area (Å²) in [6, 6.07) is 9.62. The van der Waals surface area contributed by atoms with Crippen LogP contribution >= 0.6 is 11.6 Å². The Balaban J connectivity index is 2.21. The van der Waals surface area contributed by atoms with Crippen LogP contribution in [0.2, 0.25) is 5.02 Å². The molecule has 0 amide bonds. The second-order valence-corrected chi connectivity index (χ2v) is 5.01. The van der Waals surface area contributed by atoms with Gasteiger partial charge in [0.1, 0.15) is 5.75 Å². The smallest absolute Gasteiger partial charge is 0.165 e. The van der Waals surface area contributed by atoms with Crippen LogP contribution in [0.15, 0.2) is 36.4 Å². The van der Waals surface area contributed by atoms with E-state index in [1.165, 1.54) is 26.4 Å². The van der Waals surface area contributed by atoms with Crippen molar-refractivity contribution >= 4 is 11.6 Å². The first kappa shape index (κ1) is 15.6. The quantitative estimate of drug-likeness (QED) is 0.913. The van der Waals surface area contributed by atoms with Crippen molar-refractivity contribution in [1.29, 1.82) is 0 Å². The number of benzene rings is 2. The van der Waals surface area contributed by atoms with Crippen molar-refractivity contribution in [3.8, 4) is 11.5 Å². The second-order valence-electron chi connectivity index (χ2n) is 4.58. The van der Waals surface area contributed by atoms with E-state index in [0.29, 0.717) is 21.9 Å². The van der Waals surface area contributed by atoms with Gasteiger partial charge in [0.15, 0.2) is 11.6 Å². The molecule has 0 radical (unpaired) electrons. The largest absolute Gasteiger partial charge is 0.496 e. The summed E-state index contributed by atoms with van der Waals surface area (Å²) in [5.74, 6) is 0.228. The van der Waals surface area contributed by atoms with Crippen LogP contribution in [-0.2, 0) is 6.42 Å². The fraction of sp³-hybridized carbons (Fsp3) is 0.250. The van der Waals surface area contributed by atoms with Crippen LogP contribution in [0.4, 0.5) is 4.39 Å². The lowest BCUT2D eigenvalue weighted by Gasteiger charge is -2.15. The summed E-state index contributed by atoms with van der Waals surface area (Å²) in [4.78, 5) is 0. The van der Waals surface area contributed by atoms with Gasteiger partial charge in [0, 0.05) is 17.0 Å². The van der Waals surface area contributed by atoms with Gasteiger partial charge in [0.25, 0.3) is 0 Å². The zero-order valence-electron chi connectivity index (χ0n) is 11.8. The molecule has 0 saturated heterocycles. The average molecular weight is 311 g/mol. The molecule has 0 bridgehead atoms. The van der Waals surface area contributed by atoms with E-state index in [4.69, 9.17) is 21.1 Å². The molecule has 0 aromatic heterocycles. The van der Waals surface area contributed by atoms with Crippen LogP contribution in [0.5, 0.6) is 11.5 Å². The Morgan fingerprint density at radius 3 is 2.43 bits per heavy atom. The van der Waals surface area contributed by atoms with Gasteiger partial charge >= 0.3 is 0 Å². The van der Waals surface area contributed by atoms with Gasteiger partial charge < -0.3 is 14.6 Å². The fourth-order valence-electron chi connectivity index (χ4n) is 2.13. The molecule has 2 rings (SSSR count). The van der Waals surface area contributed by atoms with Crippen molar-refractivity contribution < 1.29 is 19.0 Å². The summed E-state index contributed by atoms with van der Waals surface area (Å²) in [6.45, 7) is 0. The minimum absolute atomic E-state index is 0.178. The van der Waals surface area contributed by atoms with E-state index in [1.807, 2.05) is 0 Å². The van der Waals surface area contributed by atoms with E-state index < -0.39 is 11.9 Å². The molecule has 1 N–H and O–H groups in total. The first-order valence-electron chi connectivity index (χ1n) is 6.39. The van der Waals surface area contributed by atoms with Gasteiger partial charge in [-0.15, -0.1) is 0 Å². The highest BCUT2D eigenvalue weighted by molar-refractivity contribution is 6.30. The molecule has 1 atom stereocenters. The first-order chi connectivity index (χ1) is 10.0. The molecule has 3 nitrogen and oxygen atoms in total. The van der Waals surface area contributed by atoms with Crippen molar-refractivity contribution in [2.75, 3.05) is 14.2 Å². The molecule has 0 heterocycles. The number of methoxy groups -OCH3 is 2. The van der Waals surface area contributed by atoms with Crippen LogP contribution in [0.1, 0.15) is 17.2 Å². The normalized spacial score (nSPS) is 12.0. The number of hydrogen-bond donors (Lipinski definition) is 1. The molecule has 2 aromatic carbocycles. The highest BCUT2D eigenvalue weighted by Crippen LogP contribution is 2.31. The minimum Gasteiger partial charge on any atom is -0.496 e. The Kier molecular flexibility index (Phi) is 5.04. The molecule has 1 unspecified atom stereocenters. The molecule has 0 aliphatic carbocycles. The predicted octanol–water partition coefficient (Wildman–Crippen LogP) is 3.77. The Hall–Kier alpha value is -1.78. The van der Waals surface area contributed by atoms with Crippen molar-refractivity contribution in [2.45, 2.75) is 12.5 Å². The lowest BCUT2D eigenvalue weighted by Crippen LogP contribution is -2.04. The maximum atomic E-state index is 13.7. The van der Waals surface area contributed by atoms with Crippen LogP contribution in [0.25, 0.3) is 0 Å². The summed E-state index contributed by atoms with van der Waals surface area (Å²) >= 11 is 5.89.